The van der Waals surface area contributed by atoms with E-state index in [-0.39, 0.29) is 0 Å². The Bertz CT molecular complexity index is 400. The van der Waals surface area contributed by atoms with Gasteiger partial charge in [-0.2, -0.15) is 0 Å². The third-order valence-electron chi connectivity index (χ3n) is 5.82. The summed E-state index contributed by atoms with van der Waals surface area (Å²) < 4.78 is 34.1. The number of hydrogen-bond acceptors (Lipinski definition) is 4. The number of nitrogens with two attached hydrogens (primary N) is 1. The standard InChI is InChI=1S/C21H45N.H2O4S/c1-7-13-15-19(9-3)17-21(11-5,22-12-6)18-20(10-4)16-14-8-2;1-5(2,3)4/h19-20,22H,7-18H2,1-6H3;(H2,1,2,3,4)/p-1. The summed E-state index contributed by atoms with van der Waals surface area (Å²) in [5.74, 6) is 1.87. The van der Waals surface area contributed by atoms with Gasteiger partial charge in [0.1, 0.15) is 0 Å². The molecule has 0 amide bonds. The van der Waals surface area contributed by atoms with Crippen molar-refractivity contribution in [3.8, 4) is 0 Å². The smallest absolute Gasteiger partial charge is 0.0963 e. The molecule has 0 heterocycles. The van der Waals surface area contributed by atoms with Crippen LogP contribution < -0.4 is 5.32 Å². The van der Waals surface area contributed by atoms with Gasteiger partial charge in [0.2, 0.25) is 0 Å². The average Bonchev–Trinajstić information content (AvgIpc) is 2.60. The highest BCUT2D eigenvalue weighted by atomic mass is 32.3. The van der Waals surface area contributed by atoms with E-state index in [2.05, 4.69) is 46.9 Å². The van der Waals surface area contributed by atoms with Crippen LogP contribution in [0, 0.1) is 11.8 Å². The number of quaternary nitrogens is 1. The maximum Gasteiger partial charge on any atom is 0.0963 e. The average molecular weight is 409 g/mol. The number of rotatable bonds is 15. The Labute approximate surface area is 169 Å². The van der Waals surface area contributed by atoms with E-state index in [4.69, 9.17) is 17.5 Å². The third kappa shape index (κ3) is 17.6. The maximum absolute atomic E-state index is 8.52. The molecule has 0 radical (unpaired) electrons. The van der Waals surface area contributed by atoms with E-state index in [0.717, 1.165) is 11.8 Å². The van der Waals surface area contributed by atoms with E-state index >= 15 is 0 Å². The van der Waals surface area contributed by atoms with Gasteiger partial charge in [0.25, 0.3) is 0 Å². The normalized spacial score (nSPS) is 16.1. The van der Waals surface area contributed by atoms with Crippen LogP contribution in [0.5, 0.6) is 0 Å². The summed E-state index contributed by atoms with van der Waals surface area (Å²) in [6, 6.07) is 0. The first-order chi connectivity index (χ1) is 12.6. The van der Waals surface area contributed by atoms with Crippen LogP contribution in [0.1, 0.15) is 112 Å². The molecular formula is C21H46NO4S-. The van der Waals surface area contributed by atoms with E-state index in [1.165, 1.54) is 77.2 Å². The SMILES string of the molecule is CCCCC(CC)CC(CC)(CC(CC)CCCC)[NH2+]CC.O=S(=O)([O-])[O-]. The Morgan fingerprint density at radius 2 is 1.19 bits per heavy atom. The van der Waals surface area contributed by atoms with E-state index in [1.54, 1.807) is 0 Å². The number of hydrogen-bond donors (Lipinski definition) is 1. The zero-order valence-corrected chi connectivity index (χ0v) is 19.6. The Hall–Kier alpha value is -0.170. The molecular weight excluding hydrogens is 362 g/mol. The van der Waals surface area contributed by atoms with Gasteiger partial charge >= 0.3 is 0 Å². The minimum Gasteiger partial charge on any atom is -0.759 e. The van der Waals surface area contributed by atoms with Crippen molar-refractivity contribution >= 4 is 10.4 Å². The number of unbranched alkanes of at least 4 members (excludes halogenated alkanes) is 2. The second kappa shape index (κ2) is 16.8. The molecule has 0 bridgehead atoms. The van der Waals surface area contributed by atoms with Crippen molar-refractivity contribution in [2.24, 2.45) is 11.8 Å². The molecule has 0 aliphatic rings. The minimum atomic E-state index is -5.17. The van der Waals surface area contributed by atoms with Crippen LogP contribution in [0.4, 0.5) is 0 Å². The molecule has 0 aliphatic carbocycles. The first kappa shape index (κ1) is 29.0. The molecule has 0 aromatic carbocycles. The van der Waals surface area contributed by atoms with Gasteiger partial charge in [0.15, 0.2) is 0 Å². The quantitative estimate of drug-likeness (QED) is 0.316. The van der Waals surface area contributed by atoms with Crippen molar-refractivity contribution < 1.29 is 22.8 Å². The summed E-state index contributed by atoms with van der Waals surface area (Å²) >= 11 is 0. The minimum absolute atomic E-state index is 0.511. The summed E-state index contributed by atoms with van der Waals surface area (Å²) in [4.78, 5) is 0. The molecule has 0 rings (SSSR count). The maximum atomic E-state index is 8.52. The predicted molar refractivity (Wildman–Crippen MR) is 112 cm³/mol. The van der Waals surface area contributed by atoms with Gasteiger partial charge in [0.05, 0.1) is 12.1 Å². The fourth-order valence-corrected chi connectivity index (χ4v) is 4.15. The molecule has 0 aromatic heterocycles. The Balaban J connectivity index is 0. The van der Waals surface area contributed by atoms with Gasteiger partial charge in [0, 0.05) is 23.2 Å². The molecule has 166 valence electrons. The van der Waals surface area contributed by atoms with Crippen molar-refractivity contribution in [1.29, 1.82) is 0 Å². The second-order valence-corrected chi connectivity index (χ2v) is 8.79. The van der Waals surface area contributed by atoms with Crippen LogP contribution in [0.2, 0.25) is 0 Å². The highest BCUT2D eigenvalue weighted by molar-refractivity contribution is 7.79. The zero-order chi connectivity index (χ0) is 21.3. The summed E-state index contributed by atoms with van der Waals surface area (Å²) in [5, 5.41) is 2.69. The van der Waals surface area contributed by atoms with Crippen LogP contribution in [-0.4, -0.2) is 29.6 Å². The van der Waals surface area contributed by atoms with Crippen molar-refractivity contribution in [3.63, 3.8) is 0 Å². The summed E-state index contributed by atoms with van der Waals surface area (Å²) in [5.41, 5.74) is 0.511. The van der Waals surface area contributed by atoms with Gasteiger partial charge in [-0.25, -0.2) is 0 Å². The largest absolute Gasteiger partial charge is 0.759 e. The van der Waals surface area contributed by atoms with Gasteiger partial charge in [-0.05, 0) is 25.2 Å². The van der Waals surface area contributed by atoms with Gasteiger partial charge in [-0.15, -0.1) is 0 Å². The molecule has 0 aromatic rings. The van der Waals surface area contributed by atoms with Crippen molar-refractivity contribution in [2.75, 3.05) is 6.54 Å². The molecule has 0 spiro atoms. The van der Waals surface area contributed by atoms with Crippen molar-refractivity contribution in [3.05, 3.63) is 0 Å². The molecule has 2 N–H and O–H groups in total. The van der Waals surface area contributed by atoms with Crippen LogP contribution in [0.25, 0.3) is 0 Å². The Kier molecular flexibility index (Phi) is 18.0. The van der Waals surface area contributed by atoms with Crippen LogP contribution in [-0.2, 0) is 10.4 Å². The van der Waals surface area contributed by atoms with E-state index in [1.807, 2.05) is 0 Å². The van der Waals surface area contributed by atoms with Gasteiger partial charge in [-0.1, -0.05) is 86.0 Å². The van der Waals surface area contributed by atoms with E-state index in [9.17, 15) is 0 Å². The molecule has 2 unspecified atom stereocenters. The third-order valence-corrected chi connectivity index (χ3v) is 5.82. The van der Waals surface area contributed by atoms with Crippen LogP contribution in [0.15, 0.2) is 0 Å². The van der Waals surface area contributed by atoms with Crippen molar-refractivity contribution in [1.82, 2.24) is 0 Å². The molecule has 0 saturated carbocycles. The predicted octanol–water partition coefficient (Wildman–Crippen LogP) is 4.59. The summed E-state index contributed by atoms with van der Waals surface area (Å²) in [7, 11) is -5.17. The van der Waals surface area contributed by atoms with E-state index in [0.29, 0.717) is 5.54 Å². The lowest BCUT2D eigenvalue weighted by molar-refractivity contribution is -0.729. The highest BCUT2D eigenvalue weighted by Gasteiger charge is 2.35. The monoisotopic (exact) mass is 408 g/mol. The van der Waals surface area contributed by atoms with E-state index < -0.39 is 10.4 Å². The Morgan fingerprint density at radius 3 is 1.41 bits per heavy atom. The summed E-state index contributed by atoms with van der Waals surface area (Å²) in [6.45, 7) is 15.5. The lowest BCUT2D eigenvalue weighted by Crippen LogP contribution is -2.96. The molecule has 0 fully saturated rings. The molecule has 5 nitrogen and oxygen atoms in total. The Morgan fingerprint density at radius 1 is 0.815 bits per heavy atom. The molecule has 0 saturated heterocycles. The lowest BCUT2D eigenvalue weighted by atomic mass is 9.75. The zero-order valence-electron chi connectivity index (χ0n) is 18.8. The fourth-order valence-electron chi connectivity index (χ4n) is 4.15. The van der Waals surface area contributed by atoms with Gasteiger partial charge in [-0.3, -0.25) is 8.42 Å². The van der Waals surface area contributed by atoms with Crippen LogP contribution >= 0.6 is 0 Å². The molecule has 6 heteroatoms. The lowest BCUT2D eigenvalue weighted by Gasteiger charge is -2.36. The molecule has 2 atom stereocenters. The summed E-state index contributed by atoms with van der Waals surface area (Å²) in [6.07, 6.45) is 15.4. The second-order valence-electron chi connectivity index (χ2n) is 7.98. The van der Waals surface area contributed by atoms with Crippen molar-refractivity contribution in [2.45, 2.75) is 118 Å². The van der Waals surface area contributed by atoms with Gasteiger partial charge < -0.3 is 14.4 Å². The molecule has 27 heavy (non-hydrogen) atoms. The molecule has 0 aliphatic heterocycles. The first-order valence-corrected chi connectivity index (χ1v) is 12.4. The van der Waals surface area contributed by atoms with Crippen LogP contribution in [0.3, 0.4) is 0 Å². The topological polar surface area (TPSA) is 96.9 Å². The first-order valence-electron chi connectivity index (χ1n) is 11.1. The fraction of sp³-hybridized carbons (Fsp3) is 1.00. The highest BCUT2D eigenvalue weighted by Crippen LogP contribution is 2.31.